The van der Waals surface area contributed by atoms with Gasteiger partial charge in [0, 0.05) is 15.7 Å². The fraction of sp³-hybridized carbons (Fsp3) is 0.571. The van der Waals surface area contributed by atoms with Crippen molar-refractivity contribution in [2.45, 2.75) is 44.1 Å². The highest BCUT2D eigenvalue weighted by Gasteiger charge is 2.27. The SMILES string of the molecule is CC1CCC(Oc2ccc(Cl)cc2S(=O)(=O)Cl)CC1C. The van der Waals surface area contributed by atoms with Gasteiger partial charge in [0.1, 0.15) is 10.6 Å². The van der Waals surface area contributed by atoms with E-state index in [-0.39, 0.29) is 16.7 Å². The normalized spacial score (nSPS) is 27.3. The molecule has 2 rings (SSSR count). The average molecular weight is 337 g/mol. The maximum atomic E-state index is 11.6. The second-order valence-corrected chi connectivity index (χ2v) is 8.51. The number of ether oxygens (including phenoxy) is 1. The summed E-state index contributed by atoms with van der Waals surface area (Å²) in [5.74, 6) is 1.53. The van der Waals surface area contributed by atoms with E-state index in [0.717, 1.165) is 19.3 Å². The first-order valence-electron chi connectivity index (χ1n) is 6.68. The summed E-state index contributed by atoms with van der Waals surface area (Å²) in [6.07, 6.45) is 2.96. The largest absolute Gasteiger partial charge is 0.489 e. The zero-order valence-corrected chi connectivity index (χ0v) is 13.8. The van der Waals surface area contributed by atoms with Crippen LogP contribution >= 0.6 is 22.3 Å². The first kappa shape index (κ1) is 15.9. The number of benzene rings is 1. The van der Waals surface area contributed by atoms with E-state index in [1.807, 2.05) is 0 Å². The third-order valence-corrected chi connectivity index (χ3v) is 5.59. The molecule has 1 aliphatic rings. The Kier molecular flexibility index (Phi) is 4.88. The first-order valence-corrected chi connectivity index (χ1v) is 9.37. The highest BCUT2D eigenvalue weighted by molar-refractivity contribution is 8.13. The molecule has 1 fully saturated rings. The van der Waals surface area contributed by atoms with Crippen molar-refractivity contribution < 1.29 is 13.2 Å². The maximum Gasteiger partial charge on any atom is 0.265 e. The van der Waals surface area contributed by atoms with E-state index in [2.05, 4.69) is 13.8 Å². The Morgan fingerprint density at radius 3 is 2.50 bits per heavy atom. The summed E-state index contributed by atoms with van der Waals surface area (Å²) in [5.41, 5.74) is 0. The van der Waals surface area contributed by atoms with Crippen LogP contribution in [0.15, 0.2) is 23.1 Å². The molecule has 0 heterocycles. The molecule has 1 aromatic rings. The van der Waals surface area contributed by atoms with Crippen molar-refractivity contribution in [3.8, 4) is 5.75 Å². The van der Waals surface area contributed by atoms with Gasteiger partial charge in [-0.05, 0) is 49.3 Å². The van der Waals surface area contributed by atoms with Crippen molar-refractivity contribution in [1.29, 1.82) is 0 Å². The summed E-state index contributed by atoms with van der Waals surface area (Å²) in [6, 6.07) is 4.51. The molecule has 0 aliphatic heterocycles. The lowest BCUT2D eigenvalue weighted by Crippen LogP contribution is -2.29. The van der Waals surface area contributed by atoms with Crippen molar-refractivity contribution in [3.63, 3.8) is 0 Å². The monoisotopic (exact) mass is 336 g/mol. The summed E-state index contributed by atoms with van der Waals surface area (Å²) in [5, 5.41) is 0.321. The molecule has 112 valence electrons. The Morgan fingerprint density at radius 1 is 1.20 bits per heavy atom. The molecule has 0 N–H and O–H groups in total. The van der Waals surface area contributed by atoms with Gasteiger partial charge >= 0.3 is 0 Å². The van der Waals surface area contributed by atoms with Crippen molar-refractivity contribution in [2.24, 2.45) is 11.8 Å². The van der Waals surface area contributed by atoms with Crippen LogP contribution in [0.3, 0.4) is 0 Å². The minimum atomic E-state index is -3.87. The maximum absolute atomic E-state index is 11.6. The second kappa shape index (κ2) is 6.12. The Morgan fingerprint density at radius 2 is 1.90 bits per heavy atom. The zero-order chi connectivity index (χ0) is 14.9. The van der Waals surface area contributed by atoms with Crippen molar-refractivity contribution in [1.82, 2.24) is 0 Å². The fourth-order valence-corrected chi connectivity index (χ4v) is 3.78. The van der Waals surface area contributed by atoms with Crippen LogP contribution in [0.25, 0.3) is 0 Å². The van der Waals surface area contributed by atoms with Gasteiger partial charge in [0.05, 0.1) is 6.10 Å². The van der Waals surface area contributed by atoms with Gasteiger partial charge in [0.2, 0.25) is 0 Å². The molecule has 1 saturated carbocycles. The molecule has 0 spiro atoms. The van der Waals surface area contributed by atoms with E-state index >= 15 is 0 Å². The molecule has 0 bridgehead atoms. The summed E-state index contributed by atoms with van der Waals surface area (Å²) < 4.78 is 29.0. The molecule has 1 aliphatic carbocycles. The topological polar surface area (TPSA) is 43.4 Å². The highest BCUT2D eigenvalue weighted by Crippen LogP contribution is 2.35. The van der Waals surface area contributed by atoms with Crippen LogP contribution in [-0.2, 0) is 9.05 Å². The fourth-order valence-electron chi connectivity index (χ4n) is 2.55. The molecule has 1 aromatic carbocycles. The lowest BCUT2D eigenvalue weighted by atomic mass is 9.80. The van der Waals surface area contributed by atoms with Crippen LogP contribution in [0.2, 0.25) is 5.02 Å². The number of hydrogen-bond acceptors (Lipinski definition) is 3. The van der Waals surface area contributed by atoms with E-state index < -0.39 is 9.05 Å². The van der Waals surface area contributed by atoms with Gasteiger partial charge in [-0.15, -0.1) is 0 Å². The van der Waals surface area contributed by atoms with E-state index in [1.165, 1.54) is 6.07 Å². The third kappa shape index (κ3) is 3.80. The first-order chi connectivity index (χ1) is 9.27. The van der Waals surface area contributed by atoms with Gasteiger partial charge in [-0.3, -0.25) is 0 Å². The quantitative estimate of drug-likeness (QED) is 0.764. The Labute approximate surface area is 129 Å². The molecule has 3 unspecified atom stereocenters. The lowest BCUT2D eigenvalue weighted by Gasteiger charge is -2.32. The van der Waals surface area contributed by atoms with Crippen LogP contribution in [0.4, 0.5) is 0 Å². The Bertz CT molecular complexity index is 586. The molecule has 0 aromatic heterocycles. The number of hydrogen-bond donors (Lipinski definition) is 0. The van der Waals surface area contributed by atoms with Crippen LogP contribution in [0.1, 0.15) is 33.1 Å². The van der Waals surface area contributed by atoms with Crippen molar-refractivity contribution >= 4 is 31.3 Å². The molecule has 3 atom stereocenters. The van der Waals surface area contributed by atoms with Crippen molar-refractivity contribution in [3.05, 3.63) is 23.2 Å². The second-order valence-electron chi connectivity index (χ2n) is 5.54. The van der Waals surface area contributed by atoms with Gasteiger partial charge in [0.25, 0.3) is 9.05 Å². The molecule has 6 heteroatoms. The Hall–Kier alpha value is -0.450. The van der Waals surface area contributed by atoms with E-state index in [9.17, 15) is 8.42 Å². The van der Waals surface area contributed by atoms with Gasteiger partial charge in [-0.25, -0.2) is 8.42 Å². The molecular formula is C14H18Cl2O3S. The van der Waals surface area contributed by atoms with Crippen LogP contribution in [0, 0.1) is 11.8 Å². The standard InChI is InChI=1S/C14H18Cl2O3S/c1-9-3-5-12(7-10(9)2)19-13-6-4-11(15)8-14(13)20(16,17)18/h4,6,8-10,12H,3,5,7H2,1-2H3. The molecule has 3 nitrogen and oxygen atoms in total. The average Bonchev–Trinajstić information content (AvgIpc) is 2.35. The van der Waals surface area contributed by atoms with Crippen LogP contribution < -0.4 is 4.74 Å². The summed E-state index contributed by atoms with van der Waals surface area (Å²) in [7, 11) is 1.57. The minimum absolute atomic E-state index is 0.0274. The zero-order valence-electron chi connectivity index (χ0n) is 11.5. The van der Waals surface area contributed by atoms with Gasteiger partial charge < -0.3 is 4.74 Å². The molecular weight excluding hydrogens is 319 g/mol. The van der Waals surface area contributed by atoms with Crippen LogP contribution in [-0.4, -0.2) is 14.5 Å². The highest BCUT2D eigenvalue weighted by atomic mass is 35.7. The smallest absolute Gasteiger partial charge is 0.265 e. The summed E-state index contributed by atoms with van der Waals surface area (Å²) >= 11 is 5.83. The van der Waals surface area contributed by atoms with Crippen LogP contribution in [0.5, 0.6) is 5.75 Å². The summed E-state index contributed by atoms with van der Waals surface area (Å²) in [4.78, 5) is -0.0575. The molecule has 0 saturated heterocycles. The van der Waals surface area contributed by atoms with Gasteiger partial charge in [-0.2, -0.15) is 0 Å². The van der Waals surface area contributed by atoms with E-state index in [0.29, 0.717) is 16.9 Å². The predicted octanol–water partition coefficient (Wildman–Crippen LogP) is 4.47. The lowest BCUT2D eigenvalue weighted by molar-refractivity contribution is 0.0980. The van der Waals surface area contributed by atoms with Crippen molar-refractivity contribution in [2.75, 3.05) is 0 Å². The third-order valence-electron chi connectivity index (χ3n) is 4.01. The van der Waals surface area contributed by atoms with E-state index in [1.54, 1.807) is 12.1 Å². The summed E-state index contributed by atoms with van der Waals surface area (Å²) in [6.45, 7) is 4.43. The van der Waals surface area contributed by atoms with E-state index in [4.69, 9.17) is 27.0 Å². The van der Waals surface area contributed by atoms with Gasteiger partial charge in [0.15, 0.2) is 0 Å². The number of rotatable bonds is 3. The number of halogens is 2. The minimum Gasteiger partial charge on any atom is -0.489 e. The molecule has 20 heavy (non-hydrogen) atoms. The molecule has 0 amide bonds. The van der Waals surface area contributed by atoms with Gasteiger partial charge in [-0.1, -0.05) is 25.4 Å². The molecule has 0 radical (unpaired) electrons. The predicted molar refractivity (Wildman–Crippen MR) is 81.1 cm³/mol. The Balaban J connectivity index is 2.22.